The number of rotatable bonds is 8. The van der Waals surface area contributed by atoms with Gasteiger partial charge in [-0.15, -0.1) is 0 Å². The fraction of sp³-hybridized carbons (Fsp3) is 0.621. The Kier molecular flexibility index (Phi) is 9.25. The van der Waals surface area contributed by atoms with Crippen LogP contribution in [-0.2, 0) is 19.2 Å². The highest BCUT2D eigenvalue weighted by Crippen LogP contribution is 2.34. The lowest BCUT2D eigenvalue weighted by Gasteiger charge is -2.55. The molecule has 0 bridgehead atoms. The molecule has 1 aromatic rings. The number of carbonyl (C=O) groups is 4. The summed E-state index contributed by atoms with van der Waals surface area (Å²) in [5.41, 5.74) is 0.363. The summed E-state index contributed by atoms with van der Waals surface area (Å²) in [5, 5.41) is 10.5. The molecule has 0 saturated carbocycles. The van der Waals surface area contributed by atoms with Gasteiger partial charge in [0.05, 0.1) is 17.8 Å². The molecule has 1 N–H and O–H groups in total. The summed E-state index contributed by atoms with van der Waals surface area (Å²) in [4.78, 5) is 68.7. The van der Waals surface area contributed by atoms with Crippen LogP contribution in [0, 0.1) is 11.8 Å². The third-order valence-corrected chi connectivity index (χ3v) is 7.78. The van der Waals surface area contributed by atoms with Crippen LogP contribution in [0.4, 0.5) is 0 Å². The Hall–Kier alpha value is -3.31. The molecule has 3 aliphatic heterocycles. The molecule has 218 valence electrons. The van der Waals surface area contributed by atoms with Gasteiger partial charge in [0.1, 0.15) is 6.04 Å². The normalized spacial score (nSPS) is 24.9. The van der Waals surface area contributed by atoms with E-state index in [1.54, 1.807) is 4.90 Å². The number of amides is 3. The lowest BCUT2D eigenvalue weighted by atomic mass is 9.93. The van der Waals surface area contributed by atoms with E-state index in [1.165, 1.54) is 35.5 Å². The lowest BCUT2D eigenvalue weighted by molar-refractivity contribution is -0.275. The van der Waals surface area contributed by atoms with Gasteiger partial charge >= 0.3 is 5.97 Å². The number of carboxylic acids is 1. The molecule has 3 fully saturated rings. The predicted octanol–water partition coefficient (Wildman–Crippen LogP) is 2.49. The third kappa shape index (κ3) is 6.52. The van der Waals surface area contributed by atoms with Crippen molar-refractivity contribution < 1.29 is 29.1 Å². The van der Waals surface area contributed by atoms with Crippen LogP contribution in [0.2, 0.25) is 0 Å². The molecule has 0 aromatic carbocycles. The van der Waals surface area contributed by atoms with Crippen LogP contribution in [0.1, 0.15) is 69.4 Å². The Labute approximate surface area is 235 Å². The van der Waals surface area contributed by atoms with Crippen molar-refractivity contribution in [3.8, 4) is 0 Å². The van der Waals surface area contributed by atoms with Crippen molar-refractivity contribution >= 4 is 29.8 Å². The Morgan fingerprint density at radius 2 is 1.77 bits per heavy atom. The van der Waals surface area contributed by atoms with Crippen molar-refractivity contribution in [2.75, 3.05) is 26.7 Å². The maximum absolute atomic E-state index is 13.9. The number of pyridine rings is 1. The largest absolute Gasteiger partial charge is 0.478 e. The second-order valence-corrected chi connectivity index (χ2v) is 11.9. The molecule has 3 atom stereocenters. The van der Waals surface area contributed by atoms with E-state index >= 15 is 0 Å². The maximum atomic E-state index is 13.9. The first-order valence-electron chi connectivity index (χ1n) is 14.1. The quantitative estimate of drug-likeness (QED) is 0.486. The van der Waals surface area contributed by atoms with Gasteiger partial charge in [-0.2, -0.15) is 5.06 Å². The molecule has 3 amide bonds. The highest BCUT2D eigenvalue weighted by molar-refractivity contribution is 5.95. The number of hydrogen-bond donors (Lipinski definition) is 1. The fourth-order valence-electron chi connectivity index (χ4n) is 5.75. The zero-order valence-corrected chi connectivity index (χ0v) is 24.0. The number of piperazine rings is 1. The predicted molar refractivity (Wildman–Crippen MR) is 148 cm³/mol. The smallest absolute Gasteiger partial charge is 0.335 e. The van der Waals surface area contributed by atoms with Gasteiger partial charge in [0.2, 0.25) is 5.91 Å². The number of piperidine rings is 1. The second kappa shape index (κ2) is 12.5. The summed E-state index contributed by atoms with van der Waals surface area (Å²) in [6.45, 7) is 9.92. The highest BCUT2D eigenvalue weighted by atomic mass is 16.7. The van der Waals surface area contributed by atoms with Gasteiger partial charge in [0, 0.05) is 18.3 Å². The van der Waals surface area contributed by atoms with Gasteiger partial charge < -0.3 is 19.8 Å². The van der Waals surface area contributed by atoms with Gasteiger partial charge in [-0.1, -0.05) is 27.7 Å². The average molecular weight is 556 g/mol. The van der Waals surface area contributed by atoms with Crippen LogP contribution in [0.15, 0.2) is 24.4 Å². The van der Waals surface area contributed by atoms with Crippen LogP contribution in [-0.4, -0.2) is 105 Å². The van der Waals surface area contributed by atoms with E-state index in [-0.39, 0.29) is 41.8 Å². The monoisotopic (exact) mass is 555 g/mol. The van der Waals surface area contributed by atoms with E-state index in [2.05, 4.69) is 16.9 Å². The highest BCUT2D eigenvalue weighted by Gasteiger charge is 2.53. The van der Waals surface area contributed by atoms with Crippen molar-refractivity contribution in [2.24, 2.45) is 11.8 Å². The van der Waals surface area contributed by atoms with E-state index in [0.717, 1.165) is 25.9 Å². The molecule has 4 rings (SSSR count). The first-order chi connectivity index (χ1) is 19.0. The van der Waals surface area contributed by atoms with Gasteiger partial charge in [0.15, 0.2) is 12.3 Å². The van der Waals surface area contributed by atoms with Crippen LogP contribution < -0.4 is 0 Å². The van der Waals surface area contributed by atoms with Crippen molar-refractivity contribution in [3.63, 3.8) is 0 Å². The van der Waals surface area contributed by atoms with Crippen molar-refractivity contribution in [3.05, 3.63) is 35.7 Å². The van der Waals surface area contributed by atoms with E-state index in [4.69, 9.17) is 4.84 Å². The second-order valence-electron chi connectivity index (χ2n) is 11.9. The Balaban J connectivity index is 1.68. The number of likely N-dealkylation sites (tertiary alicyclic amines) is 1. The molecule has 11 heteroatoms. The van der Waals surface area contributed by atoms with Crippen molar-refractivity contribution in [2.45, 2.75) is 77.7 Å². The first kappa shape index (κ1) is 29.7. The standard InChI is InChI=1S/C29H41N5O6/c1-18(2)14-23-27(36)32(22-9-12-31(5)13-10-22)17-25-33(23)28(37)24(15-19(3)4)40-34(25)26(35)7-6-21-16-20(29(38)39)8-11-30-21/h6-8,11,16,18-19,22-25H,9-10,12-15,17H2,1-5H3,(H,38,39)/b7-6+/t23-,24+,25-/m0/s1. The number of aromatic nitrogens is 1. The van der Waals surface area contributed by atoms with Crippen molar-refractivity contribution in [1.82, 2.24) is 24.7 Å². The summed E-state index contributed by atoms with van der Waals surface area (Å²) in [6, 6.07) is 2.10. The molecule has 0 unspecified atom stereocenters. The van der Waals surface area contributed by atoms with Gasteiger partial charge in [-0.05, 0) is 75.9 Å². The number of fused-ring (bicyclic) bond motifs is 1. The minimum atomic E-state index is -1.09. The zero-order valence-electron chi connectivity index (χ0n) is 24.0. The molecule has 1 aromatic heterocycles. The Bertz CT molecular complexity index is 1150. The van der Waals surface area contributed by atoms with E-state index in [0.29, 0.717) is 18.5 Å². The molecule has 3 saturated heterocycles. The molecule has 0 radical (unpaired) electrons. The molecular weight excluding hydrogens is 514 g/mol. The molecular formula is C29H41N5O6. The summed E-state index contributed by atoms with van der Waals surface area (Å²) in [6.07, 6.45) is 4.97. The minimum Gasteiger partial charge on any atom is -0.478 e. The average Bonchev–Trinajstić information content (AvgIpc) is 2.90. The topological polar surface area (TPSA) is 124 Å². The van der Waals surface area contributed by atoms with Gasteiger partial charge in [-0.25, -0.2) is 4.79 Å². The van der Waals surface area contributed by atoms with Crippen LogP contribution in [0.25, 0.3) is 6.08 Å². The first-order valence-corrected chi connectivity index (χ1v) is 14.1. The SMILES string of the molecule is CC(C)C[C@H]1ON(C(=O)/C=C/c2cc(C(=O)O)ccn2)[C@H]2CN(C3CCN(C)CC3)C(=O)[C@H](CC(C)C)N2C1=O. The molecule has 0 aliphatic carbocycles. The fourth-order valence-corrected chi connectivity index (χ4v) is 5.75. The summed E-state index contributed by atoms with van der Waals surface area (Å²) in [5.74, 6) is -1.63. The number of hydrogen-bond acceptors (Lipinski definition) is 7. The minimum absolute atomic E-state index is 0.0273. The summed E-state index contributed by atoms with van der Waals surface area (Å²) in [7, 11) is 2.06. The Morgan fingerprint density at radius 1 is 1.10 bits per heavy atom. The lowest BCUT2D eigenvalue weighted by Crippen LogP contribution is -2.74. The van der Waals surface area contributed by atoms with E-state index < -0.39 is 30.2 Å². The third-order valence-electron chi connectivity index (χ3n) is 7.78. The van der Waals surface area contributed by atoms with Gasteiger partial charge in [-0.3, -0.25) is 24.2 Å². The molecule has 40 heavy (non-hydrogen) atoms. The number of nitrogens with zero attached hydrogens (tertiary/aromatic N) is 5. The molecule has 11 nitrogen and oxygen atoms in total. The number of carbonyl (C=O) groups excluding carboxylic acids is 3. The van der Waals surface area contributed by atoms with E-state index in [1.807, 2.05) is 32.6 Å². The van der Waals surface area contributed by atoms with Crippen LogP contribution in [0.5, 0.6) is 0 Å². The van der Waals surface area contributed by atoms with E-state index in [9.17, 15) is 24.3 Å². The molecule has 4 heterocycles. The number of carboxylic acid groups (broad SMARTS) is 1. The molecule has 0 spiro atoms. The summed E-state index contributed by atoms with van der Waals surface area (Å²) < 4.78 is 0. The number of hydroxylamine groups is 2. The number of aromatic carboxylic acids is 1. The Morgan fingerprint density at radius 3 is 2.40 bits per heavy atom. The maximum Gasteiger partial charge on any atom is 0.335 e. The van der Waals surface area contributed by atoms with Crippen LogP contribution >= 0.6 is 0 Å². The zero-order chi connectivity index (χ0) is 29.1. The summed E-state index contributed by atoms with van der Waals surface area (Å²) >= 11 is 0. The van der Waals surface area contributed by atoms with Crippen molar-refractivity contribution in [1.29, 1.82) is 0 Å². The van der Waals surface area contributed by atoms with Gasteiger partial charge in [0.25, 0.3) is 11.8 Å². The van der Waals surface area contributed by atoms with Crippen LogP contribution in [0.3, 0.4) is 0 Å². The molecule has 3 aliphatic rings.